The molecule has 442 valence electrons. The third kappa shape index (κ3) is 18.2. The summed E-state index contributed by atoms with van der Waals surface area (Å²) in [6.07, 6.45) is -5.79. The Kier molecular flexibility index (Phi) is 24.5. The summed E-state index contributed by atoms with van der Waals surface area (Å²) in [7, 11) is 5.60. The summed E-state index contributed by atoms with van der Waals surface area (Å²) in [5, 5.41) is 4.88. The number of likely N-dealkylation sites (N-methyl/N-ethyl adjacent to an activating group) is 4. The molecule has 0 N–H and O–H groups in total. The first-order chi connectivity index (χ1) is 37.4. The van der Waals surface area contributed by atoms with Crippen molar-refractivity contribution in [1.82, 2.24) is 29.4 Å². The number of rotatable bonds is 16. The van der Waals surface area contributed by atoms with Gasteiger partial charge in [0.25, 0.3) is 23.6 Å². The van der Waals surface area contributed by atoms with Crippen LogP contribution in [0.4, 0.5) is 0 Å². The fraction of sp³-hybridized carbons (Fsp3) is 0.629. The number of nitrogens with zero attached hydrogens (tertiary/aromatic N) is 6. The maximum absolute atomic E-state index is 15.1. The molecule has 2 aromatic carbocycles. The first-order valence-corrected chi connectivity index (χ1v) is 28.5. The third-order valence-corrected chi connectivity index (χ3v) is 14.5. The largest absolute Gasteiger partial charge is 0.451 e. The molecule has 0 spiro atoms. The summed E-state index contributed by atoms with van der Waals surface area (Å²) < 4.78 is 26.1. The maximum Gasteiger partial charge on any atom is 0.329 e. The van der Waals surface area contributed by atoms with E-state index in [0.717, 1.165) is 31.7 Å². The Balaban J connectivity index is 1.86. The average Bonchev–Trinajstić information content (AvgIpc) is 3.83. The second-order valence-corrected chi connectivity index (χ2v) is 24.1. The van der Waals surface area contributed by atoms with Crippen LogP contribution in [0.15, 0.2) is 60.7 Å². The van der Waals surface area contributed by atoms with Crippen molar-refractivity contribution in [1.29, 1.82) is 0 Å². The average molecular weight is 1110 g/mol. The number of esters is 4. The van der Waals surface area contributed by atoms with Gasteiger partial charge in [0.15, 0.2) is 24.4 Å². The molecular formula is C62H92N6O12. The predicted molar refractivity (Wildman–Crippen MR) is 305 cm³/mol. The van der Waals surface area contributed by atoms with Gasteiger partial charge in [0.05, 0.1) is 12.2 Å². The van der Waals surface area contributed by atoms with E-state index in [1.54, 1.807) is 30.3 Å². The highest BCUT2D eigenvalue weighted by Crippen LogP contribution is 2.26. The summed E-state index contributed by atoms with van der Waals surface area (Å²) in [5.74, 6) is -6.81. The Hall–Kier alpha value is -6.59. The minimum atomic E-state index is -1.53. The molecule has 4 rings (SSSR count). The molecule has 18 nitrogen and oxygen atoms in total. The summed E-state index contributed by atoms with van der Waals surface area (Å²) >= 11 is 0. The van der Waals surface area contributed by atoms with E-state index in [4.69, 9.17) is 24.0 Å². The molecule has 0 bridgehead atoms. The van der Waals surface area contributed by atoms with E-state index in [2.05, 4.69) is 33.8 Å². The van der Waals surface area contributed by atoms with Gasteiger partial charge in [0, 0.05) is 46.7 Å². The van der Waals surface area contributed by atoms with Crippen molar-refractivity contribution < 1.29 is 57.3 Å². The standard InChI is InChI=1S/C62H92N6O12/c1-36(2)28-49-59(73)77-43(14)56(70)65(16)52(31-39(7)8)62(76)80-54(33-45-24-26-46(27-25-45)35-68-48(41(11)12)34-47(63-68)40(9)10)58(72)67(18)50(29-37(3)4)60(74)78-42(13)55(69)64(15)51(30-38(5)6)61(75)79-53(57(71)66(49)17)32-44-22-20-19-21-23-44/h19-27,34,36-43,49-54H,28-33,35H2,1-18H3/t42-,43-,49+,50+,51+,52+,53-,54-/m1/s1. The molecular weight excluding hydrogens is 1020 g/mol. The Labute approximate surface area is 475 Å². The lowest BCUT2D eigenvalue weighted by atomic mass is 9.99. The zero-order valence-electron chi connectivity index (χ0n) is 50.9. The van der Waals surface area contributed by atoms with Crippen LogP contribution < -0.4 is 0 Å². The lowest BCUT2D eigenvalue weighted by Crippen LogP contribution is -2.55. The minimum absolute atomic E-state index is 0.0890. The van der Waals surface area contributed by atoms with Crippen molar-refractivity contribution in [3.05, 3.63) is 88.7 Å². The van der Waals surface area contributed by atoms with Gasteiger partial charge in [0.1, 0.15) is 24.2 Å². The molecule has 8 atom stereocenters. The van der Waals surface area contributed by atoms with Crippen molar-refractivity contribution >= 4 is 47.5 Å². The van der Waals surface area contributed by atoms with Crippen LogP contribution in [0.25, 0.3) is 0 Å². The Morgan fingerprint density at radius 1 is 0.425 bits per heavy atom. The van der Waals surface area contributed by atoms with E-state index in [1.807, 2.05) is 84.3 Å². The van der Waals surface area contributed by atoms with E-state index in [9.17, 15) is 33.6 Å². The molecule has 2 heterocycles. The molecule has 1 fully saturated rings. The number of carbonyl (C=O) groups is 8. The van der Waals surface area contributed by atoms with Gasteiger partial charge < -0.3 is 38.5 Å². The van der Waals surface area contributed by atoms with Crippen LogP contribution in [-0.2, 0) is 76.7 Å². The van der Waals surface area contributed by atoms with Crippen molar-refractivity contribution in [2.45, 2.75) is 202 Å². The second kappa shape index (κ2) is 29.7. The summed E-state index contributed by atoms with van der Waals surface area (Å²) in [5.41, 5.74) is 4.30. The monoisotopic (exact) mass is 1110 g/mol. The summed E-state index contributed by atoms with van der Waals surface area (Å²) in [6.45, 7) is 26.5. The van der Waals surface area contributed by atoms with E-state index in [1.165, 1.54) is 46.9 Å². The molecule has 1 aliphatic rings. The zero-order chi connectivity index (χ0) is 60.0. The number of cyclic esters (lactones) is 4. The van der Waals surface area contributed by atoms with Gasteiger partial charge in [-0.3, -0.25) is 23.9 Å². The van der Waals surface area contributed by atoms with Crippen molar-refractivity contribution in [3.63, 3.8) is 0 Å². The number of ether oxygens (including phenoxy) is 4. The number of amides is 4. The fourth-order valence-electron chi connectivity index (χ4n) is 9.80. The zero-order valence-corrected chi connectivity index (χ0v) is 50.9. The van der Waals surface area contributed by atoms with Crippen LogP contribution in [0.3, 0.4) is 0 Å². The molecule has 3 aromatic rings. The van der Waals surface area contributed by atoms with E-state index in [-0.39, 0.29) is 74.0 Å². The van der Waals surface area contributed by atoms with Crippen LogP contribution in [0, 0.1) is 23.7 Å². The predicted octanol–water partition coefficient (Wildman–Crippen LogP) is 8.16. The molecule has 0 unspecified atom stereocenters. The van der Waals surface area contributed by atoms with E-state index in [0.29, 0.717) is 17.7 Å². The van der Waals surface area contributed by atoms with Gasteiger partial charge in [-0.05, 0) is 97.8 Å². The van der Waals surface area contributed by atoms with Crippen molar-refractivity contribution in [2.24, 2.45) is 23.7 Å². The minimum Gasteiger partial charge on any atom is -0.451 e. The summed E-state index contributed by atoms with van der Waals surface area (Å²) in [4.78, 5) is 122. The van der Waals surface area contributed by atoms with Crippen LogP contribution in [0.2, 0.25) is 0 Å². The van der Waals surface area contributed by atoms with Crippen LogP contribution in [0.5, 0.6) is 0 Å². The molecule has 1 aromatic heterocycles. The molecule has 1 aliphatic heterocycles. The van der Waals surface area contributed by atoms with Crippen LogP contribution in [0.1, 0.15) is 163 Å². The number of hydrogen-bond acceptors (Lipinski definition) is 13. The lowest BCUT2D eigenvalue weighted by molar-refractivity contribution is -0.176. The Bertz CT molecular complexity index is 2560. The fourth-order valence-corrected chi connectivity index (χ4v) is 9.80. The molecule has 0 saturated carbocycles. The van der Waals surface area contributed by atoms with Crippen LogP contribution in [-0.4, -0.2) is 154 Å². The highest BCUT2D eigenvalue weighted by atomic mass is 16.6. The molecule has 18 heteroatoms. The molecule has 0 aliphatic carbocycles. The third-order valence-electron chi connectivity index (χ3n) is 14.5. The normalized spacial score (nSPS) is 23.4. The second-order valence-electron chi connectivity index (χ2n) is 24.1. The van der Waals surface area contributed by atoms with Gasteiger partial charge in [0.2, 0.25) is 0 Å². The van der Waals surface area contributed by atoms with Gasteiger partial charge in [-0.1, -0.05) is 138 Å². The lowest BCUT2D eigenvalue weighted by Gasteiger charge is -2.35. The maximum atomic E-state index is 15.1. The van der Waals surface area contributed by atoms with E-state index >= 15 is 4.79 Å². The highest BCUT2D eigenvalue weighted by molar-refractivity contribution is 5.94. The van der Waals surface area contributed by atoms with Gasteiger partial charge in [-0.25, -0.2) is 19.2 Å². The highest BCUT2D eigenvalue weighted by Gasteiger charge is 2.43. The summed E-state index contributed by atoms with van der Waals surface area (Å²) in [6, 6.07) is 13.5. The van der Waals surface area contributed by atoms with Crippen molar-refractivity contribution in [3.8, 4) is 0 Å². The van der Waals surface area contributed by atoms with Crippen molar-refractivity contribution in [2.75, 3.05) is 28.2 Å². The van der Waals surface area contributed by atoms with Gasteiger partial charge in [-0.15, -0.1) is 0 Å². The molecule has 80 heavy (non-hydrogen) atoms. The number of benzene rings is 2. The Morgan fingerprint density at radius 2 is 0.750 bits per heavy atom. The number of aromatic nitrogens is 2. The number of carbonyl (C=O) groups excluding carboxylic acids is 8. The molecule has 0 radical (unpaired) electrons. The quantitative estimate of drug-likeness (QED) is 0.0983. The number of hydrogen-bond donors (Lipinski definition) is 0. The van der Waals surface area contributed by atoms with Crippen LogP contribution >= 0.6 is 0 Å². The van der Waals surface area contributed by atoms with Gasteiger partial charge >= 0.3 is 23.9 Å². The van der Waals surface area contributed by atoms with E-state index < -0.39 is 96.1 Å². The van der Waals surface area contributed by atoms with Gasteiger partial charge in [-0.2, -0.15) is 5.10 Å². The first-order valence-electron chi connectivity index (χ1n) is 28.5. The molecule has 4 amide bonds. The smallest absolute Gasteiger partial charge is 0.329 e. The topological polar surface area (TPSA) is 204 Å². The Morgan fingerprint density at radius 3 is 1.09 bits per heavy atom. The first kappa shape index (κ1) is 65.9. The SMILES string of the molecule is CC(C)C[C@H]1C(=O)O[C@H](Cc2ccc(Cn3nc(C(C)C)cc3C(C)C)cc2)C(=O)N(C)[C@@H](CC(C)C)C(=O)O[C@H](C)C(=O)N(C)[C@@H](CC(C)C)C(=O)O[C@H](Cc2ccccc2)C(=O)N(C)[C@@H](CC(C)C)C(=O)O[C@H](C)C(=O)N1C. The molecule has 1 saturated heterocycles.